The number of nitrogens with one attached hydrogen (secondary N) is 1. The van der Waals surface area contributed by atoms with Crippen molar-refractivity contribution in [3.05, 3.63) is 18.3 Å². The largest absolute Gasteiger partial charge is 0.373 e. The Morgan fingerprint density at radius 2 is 2.11 bits per heavy atom. The van der Waals surface area contributed by atoms with Gasteiger partial charge in [-0.25, -0.2) is 13.4 Å². The van der Waals surface area contributed by atoms with Crippen LogP contribution in [0.1, 0.15) is 26.7 Å². The van der Waals surface area contributed by atoms with E-state index in [4.69, 9.17) is 0 Å². The lowest BCUT2D eigenvalue weighted by atomic mass is 9.85. The molecular formula is C13H21N3O2S. The van der Waals surface area contributed by atoms with Crippen molar-refractivity contribution in [1.82, 2.24) is 9.29 Å². The summed E-state index contributed by atoms with van der Waals surface area (Å²) in [5.41, 5.74) is 0.0453. The van der Waals surface area contributed by atoms with Gasteiger partial charge in [0.2, 0.25) is 10.0 Å². The molecule has 1 aliphatic rings. The van der Waals surface area contributed by atoms with E-state index in [9.17, 15) is 8.42 Å². The van der Waals surface area contributed by atoms with E-state index < -0.39 is 10.0 Å². The fraction of sp³-hybridized carbons (Fsp3) is 0.615. The Hall–Kier alpha value is -1.14. The molecule has 1 aromatic heterocycles. The summed E-state index contributed by atoms with van der Waals surface area (Å²) in [5, 5.41) is 2.88. The molecule has 0 amide bonds. The molecule has 19 heavy (non-hydrogen) atoms. The van der Waals surface area contributed by atoms with Crippen LogP contribution in [-0.2, 0) is 10.0 Å². The molecule has 106 valence electrons. The highest BCUT2D eigenvalue weighted by molar-refractivity contribution is 7.89. The molecule has 1 saturated heterocycles. The number of piperidine rings is 1. The molecule has 5 nitrogen and oxygen atoms in total. The number of pyridine rings is 1. The van der Waals surface area contributed by atoms with Crippen molar-refractivity contribution < 1.29 is 8.42 Å². The summed E-state index contributed by atoms with van der Waals surface area (Å²) in [6.45, 7) is 5.39. The number of aromatic nitrogens is 1. The molecule has 0 atom stereocenters. The molecule has 0 radical (unpaired) electrons. The number of nitrogens with zero attached hydrogens (tertiary/aromatic N) is 2. The summed E-state index contributed by atoms with van der Waals surface area (Å²) >= 11 is 0. The fourth-order valence-electron chi connectivity index (χ4n) is 2.40. The fourth-order valence-corrected chi connectivity index (χ4v) is 4.02. The Bertz CT molecular complexity index is 538. The van der Waals surface area contributed by atoms with Gasteiger partial charge >= 0.3 is 0 Å². The van der Waals surface area contributed by atoms with Gasteiger partial charge in [0.25, 0.3) is 0 Å². The van der Waals surface area contributed by atoms with Crippen LogP contribution in [0, 0.1) is 5.41 Å². The molecule has 2 rings (SSSR count). The predicted octanol–water partition coefficient (Wildman–Crippen LogP) is 1.93. The van der Waals surface area contributed by atoms with Gasteiger partial charge in [0.15, 0.2) is 0 Å². The van der Waals surface area contributed by atoms with Crippen molar-refractivity contribution >= 4 is 15.8 Å². The van der Waals surface area contributed by atoms with E-state index in [-0.39, 0.29) is 10.3 Å². The highest BCUT2D eigenvalue weighted by atomic mass is 32.2. The van der Waals surface area contributed by atoms with Crippen molar-refractivity contribution in [1.29, 1.82) is 0 Å². The van der Waals surface area contributed by atoms with Gasteiger partial charge in [-0.15, -0.1) is 0 Å². The van der Waals surface area contributed by atoms with E-state index in [0.29, 0.717) is 18.9 Å². The quantitative estimate of drug-likeness (QED) is 0.921. The predicted molar refractivity (Wildman–Crippen MR) is 75.6 cm³/mol. The van der Waals surface area contributed by atoms with Gasteiger partial charge in [0.05, 0.1) is 0 Å². The van der Waals surface area contributed by atoms with Crippen molar-refractivity contribution in [3.8, 4) is 0 Å². The van der Waals surface area contributed by atoms with E-state index in [1.807, 2.05) is 0 Å². The molecule has 0 spiro atoms. The van der Waals surface area contributed by atoms with Gasteiger partial charge in [-0.05, 0) is 30.4 Å². The maximum absolute atomic E-state index is 12.5. The van der Waals surface area contributed by atoms with Crippen LogP contribution in [0.5, 0.6) is 0 Å². The lowest BCUT2D eigenvalue weighted by molar-refractivity contribution is 0.187. The average molecular weight is 283 g/mol. The van der Waals surface area contributed by atoms with Crippen LogP contribution >= 0.6 is 0 Å². The van der Waals surface area contributed by atoms with Crippen molar-refractivity contribution in [2.24, 2.45) is 5.41 Å². The SMILES string of the molecule is CNc1ccc(S(=O)(=O)N2CCCC(C)(C)C2)cn1. The van der Waals surface area contributed by atoms with Crippen molar-refractivity contribution in [2.45, 2.75) is 31.6 Å². The van der Waals surface area contributed by atoms with Crippen LogP contribution in [0.2, 0.25) is 0 Å². The molecule has 0 unspecified atom stereocenters. The average Bonchev–Trinajstić information content (AvgIpc) is 2.37. The number of anilines is 1. The molecule has 1 fully saturated rings. The van der Waals surface area contributed by atoms with E-state index in [1.54, 1.807) is 23.5 Å². The monoisotopic (exact) mass is 283 g/mol. The van der Waals surface area contributed by atoms with Crippen molar-refractivity contribution in [3.63, 3.8) is 0 Å². The zero-order valence-electron chi connectivity index (χ0n) is 11.7. The number of hydrogen-bond acceptors (Lipinski definition) is 4. The van der Waals surface area contributed by atoms with E-state index >= 15 is 0 Å². The molecular weight excluding hydrogens is 262 g/mol. The summed E-state index contributed by atoms with van der Waals surface area (Å²) < 4.78 is 26.7. The van der Waals surface area contributed by atoms with Crippen LogP contribution in [0.3, 0.4) is 0 Å². The number of sulfonamides is 1. The topological polar surface area (TPSA) is 62.3 Å². The maximum Gasteiger partial charge on any atom is 0.244 e. The Morgan fingerprint density at radius 1 is 1.37 bits per heavy atom. The minimum absolute atomic E-state index is 0.0453. The summed E-state index contributed by atoms with van der Waals surface area (Å²) in [4.78, 5) is 4.35. The normalized spacial score (nSPS) is 20.2. The summed E-state index contributed by atoms with van der Waals surface area (Å²) in [5.74, 6) is 0.665. The first kappa shape index (κ1) is 14.3. The van der Waals surface area contributed by atoms with Crippen molar-refractivity contribution in [2.75, 3.05) is 25.5 Å². The summed E-state index contributed by atoms with van der Waals surface area (Å²) in [6, 6.07) is 3.29. The number of rotatable bonds is 3. The smallest absolute Gasteiger partial charge is 0.244 e. The number of hydrogen-bond donors (Lipinski definition) is 1. The minimum Gasteiger partial charge on any atom is -0.373 e. The zero-order valence-corrected chi connectivity index (χ0v) is 12.5. The summed E-state index contributed by atoms with van der Waals surface area (Å²) in [7, 11) is -1.66. The van der Waals surface area contributed by atoms with Gasteiger partial charge in [0, 0.05) is 26.3 Å². The lowest BCUT2D eigenvalue weighted by Gasteiger charge is -2.37. The third kappa shape index (κ3) is 3.06. The maximum atomic E-state index is 12.5. The van der Waals surface area contributed by atoms with Crippen LogP contribution < -0.4 is 5.32 Å². The molecule has 1 aliphatic heterocycles. The van der Waals surface area contributed by atoms with Gasteiger partial charge < -0.3 is 5.32 Å². The zero-order chi connectivity index (χ0) is 14.1. The molecule has 0 saturated carbocycles. The van der Waals surface area contributed by atoms with E-state index in [1.165, 1.54) is 6.20 Å². The standard InChI is InChI=1S/C13H21N3O2S/c1-13(2)7-4-8-16(10-13)19(17,18)11-5-6-12(14-3)15-9-11/h5-6,9H,4,7-8,10H2,1-3H3,(H,14,15). The molecule has 1 aromatic rings. The van der Waals surface area contributed by atoms with Gasteiger partial charge in [-0.1, -0.05) is 13.8 Å². The molecule has 1 N–H and O–H groups in total. The van der Waals surface area contributed by atoms with E-state index in [2.05, 4.69) is 24.1 Å². The second-order valence-corrected chi connectivity index (χ2v) is 7.67. The Balaban J connectivity index is 2.26. The molecule has 2 heterocycles. The Kier molecular flexibility index (Phi) is 3.82. The third-order valence-electron chi connectivity index (χ3n) is 3.50. The van der Waals surface area contributed by atoms with Gasteiger partial charge in [0.1, 0.15) is 10.7 Å². The first-order chi connectivity index (χ1) is 8.85. The molecule has 0 bridgehead atoms. The van der Waals surface area contributed by atoms with Gasteiger partial charge in [-0.2, -0.15) is 4.31 Å². The van der Waals surface area contributed by atoms with E-state index in [0.717, 1.165) is 12.8 Å². The lowest BCUT2D eigenvalue weighted by Crippen LogP contribution is -2.43. The molecule has 6 heteroatoms. The second-order valence-electron chi connectivity index (χ2n) is 5.74. The highest BCUT2D eigenvalue weighted by Crippen LogP contribution is 2.31. The minimum atomic E-state index is -3.42. The Morgan fingerprint density at radius 3 is 2.63 bits per heavy atom. The summed E-state index contributed by atoms with van der Waals surface area (Å²) in [6.07, 6.45) is 3.40. The molecule has 0 aromatic carbocycles. The Labute approximate surface area is 115 Å². The second kappa shape index (κ2) is 5.09. The van der Waals surface area contributed by atoms with Crippen LogP contribution in [0.25, 0.3) is 0 Å². The third-order valence-corrected chi connectivity index (χ3v) is 5.32. The van der Waals surface area contributed by atoms with Crippen LogP contribution in [-0.4, -0.2) is 37.8 Å². The van der Waals surface area contributed by atoms with Gasteiger partial charge in [-0.3, -0.25) is 0 Å². The first-order valence-electron chi connectivity index (χ1n) is 6.49. The highest BCUT2D eigenvalue weighted by Gasteiger charge is 2.34. The molecule has 0 aliphatic carbocycles. The first-order valence-corrected chi connectivity index (χ1v) is 7.93. The van der Waals surface area contributed by atoms with Crippen LogP contribution in [0.4, 0.5) is 5.82 Å². The van der Waals surface area contributed by atoms with Crippen LogP contribution in [0.15, 0.2) is 23.2 Å².